The summed E-state index contributed by atoms with van der Waals surface area (Å²) in [4.78, 5) is 0. The SMILES string of the molecule is CCO[C@H]1CC(c2ccccc2)Nc2ccc(OC)cc21. The smallest absolute Gasteiger partial charge is 0.119 e. The van der Waals surface area contributed by atoms with Gasteiger partial charge in [-0.15, -0.1) is 0 Å². The molecule has 0 bridgehead atoms. The molecule has 1 N–H and O–H groups in total. The normalized spacial score (nSPS) is 20.5. The number of benzene rings is 2. The minimum absolute atomic E-state index is 0.103. The van der Waals surface area contributed by atoms with Gasteiger partial charge in [0.25, 0.3) is 0 Å². The maximum Gasteiger partial charge on any atom is 0.119 e. The molecule has 110 valence electrons. The molecule has 0 aliphatic carbocycles. The van der Waals surface area contributed by atoms with Crippen LogP contribution < -0.4 is 10.1 Å². The molecule has 0 amide bonds. The summed E-state index contributed by atoms with van der Waals surface area (Å²) in [5, 5.41) is 3.62. The van der Waals surface area contributed by atoms with E-state index in [4.69, 9.17) is 9.47 Å². The Hall–Kier alpha value is -2.00. The highest BCUT2D eigenvalue weighted by molar-refractivity contribution is 5.58. The van der Waals surface area contributed by atoms with Crippen molar-refractivity contribution in [3.8, 4) is 5.75 Å². The van der Waals surface area contributed by atoms with Crippen LogP contribution in [0.3, 0.4) is 0 Å². The molecular weight excluding hydrogens is 262 g/mol. The van der Waals surface area contributed by atoms with Gasteiger partial charge in [-0.05, 0) is 30.7 Å². The molecule has 1 aliphatic heterocycles. The summed E-state index contributed by atoms with van der Waals surface area (Å²) in [5.74, 6) is 0.874. The molecule has 0 saturated carbocycles. The summed E-state index contributed by atoms with van der Waals surface area (Å²) in [6.07, 6.45) is 1.03. The van der Waals surface area contributed by atoms with Crippen molar-refractivity contribution in [1.29, 1.82) is 0 Å². The van der Waals surface area contributed by atoms with E-state index in [1.807, 2.05) is 19.1 Å². The zero-order valence-corrected chi connectivity index (χ0v) is 12.5. The second-order valence-electron chi connectivity index (χ2n) is 5.24. The Balaban J connectivity index is 1.94. The van der Waals surface area contributed by atoms with Crippen LogP contribution in [0.15, 0.2) is 48.5 Å². The Morgan fingerprint density at radius 1 is 1.14 bits per heavy atom. The van der Waals surface area contributed by atoms with Gasteiger partial charge in [-0.2, -0.15) is 0 Å². The number of methoxy groups -OCH3 is 1. The van der Waals surface area contributed by atoms with Gasteiger partial charge in [0.2, 0.25) is 0 Å². The molecule has 3 rings (SSSR count). The zero-order valence-electron chi connectivity index (χ0n) is 12.5. The number of nitrogens with one attached hydrogen (secondary N) is 1. The summed E-state index contributed by atoms with van der Waals surface area (Å²) in [6, 6.07) is 17.0. The van der Waals surface area contributed by atoms with Gasteiger partial charge < -0.3 is 14.8 Å². The number of hydrogen-bond donors (Lipinski definition) is 1. The van der Waals surface area contributed by atoms with Crippen LogP contribution in [-0.2, 0) is 4.74 Å². The number of rotatable bonds is 4. The second-order valence-corrected chi connectivity index (χ2v) is 5.24. The van der Waals surface area contributed by atoms with Crippen LogP contribution in [-0.4, -0.2) is 13.7 Å². The van der Waals surface area contributed by atoms with E-state index in [-0.39, 0.29) is 12.1 Å². The van der Waals surface area contributed by atoms with Crippen molar-refractivity contribution in [2.24, 2.45) is 0 Å². The largest absolute Gasteiger partial charge is 0.497 e. The monoisotopic (exact) mass is 283 g/mol. The van der Waals surface area contributed by atoms with Gasteiger partial charge in [-0.25, -0.2) is 0 Å². The minimum atomic E-state index is 0.103. The molecule has 3 nitrogen and oxygen atoms in total. The summed E-state index contributed by atoms with van der Waals surface area (Å²) in [5.41, 5.74) is 3.61. The summed E-state index contributed by atoms with van der Waals surface area (Å²) < 4.78 is 11.3. The molecule has 2 aromatic carbocycles. The summed E-state index contributed by atoms with van der Waals surface area (Å²) in [6.45, 7) is 2.75. The van der Waals surface area contributed by atoms with Gasteiger partial charge in [0.15, 0.2) is 0 Å². The van der Waals surface area contributed by atoms with Crippen molar-refractivity contribution >= 4 is 5.69 Å². The van der Waals surface area contributed by atoms with Gasteiger partial charge >= 0.3 is 0 Å². The Morgan fingerprint density at radius 2 is 1.95 bits per heavy atom. The highest BCUT2D eigenvalue weighted by atomic mass is 16.5. The van der Waals surface area contributed by atoms with Crippen molar-refractivity contribution in [2.45, 2.75) is 25.5 Å². The first-order valence-electron chi connectivity index (χ1n) is 7.43. The van der Waals surface area contributed by atoms with Crippen LogP contribution in [0.1, 0.15) is 36.6 Å². The van der Waals surface area contributed by atoms with Gasteiger partial charge in [0.05, 0.1) is 19.3 Å². The van der Waals surface area contributed by atoms with E-state index in [9.17, 15) is 0 Å². The Bertz CT molecular complexity index is 597. The molecule has 0 fully saturated rings. The minimum Gasteiger partial charge on any atom is -0.497 e. The van der Waals surface area contributed by atoms with Crippen molar-refractivity contribution in [2.75, 3.05) is 19.0 Å². The van der Waals surface area contributed by atoms with Crippen LogP contribution in [0.5, 0.6) is 5.75 Å². The number of fused-ring (bicyclic) bond motifs is 1. The first-order valence-corrected chi connectivity index (χ1v) is 7.43. The van der Waals surface area contributed by atoms with Gasteiger partial charge in [-0.1, -0.05) is 30.3 Å². The highest BCUT2D eigenvalue weighted by Crippen LogP contribution is 2.42. The highest BCUT2D eigenvalue weighted by Gasteiger charge is 2.28. The van der Waals surface area contributed by atoms with Crippen LogP contribution in [0, 0.1) is 0 Å². The topological polar surface area (TPSA) is 30.5 Å². The third kappa shape index (κ3) is 2.88. The fourth-order valence-corrected chi connectivity index (χ4v) is 2.92. The molecule has 21 heavy (non-hydrogen) atoms. The third-order valence-corrected chi connectivity index (χ3v) is 3.95. The van der Waals surface area contributed by atoms with E-state index >= 15 is 0 Å². The van der Waals surface area contributed by atoms with Crippen LogP contribution in [0.25, 0.3) is 0 Å². The van der Waals surface area contributed by atoms with E-state index in [1.165, 1.54) is 11.1 Å². The molecule has 0 saturated heterocycles. The van der Waals surface area contributed by atoms with Gasteiger partial charge in [0.1, 0.15) is 5.75 Å². The number of ether oxygens (including phenoxy) is 2. The van der Waals surface area contributed by atoms with Gasteiger partial charge in [0, 0.05) is 24.3 Å². The standard InChI is InChI=1S/C18H21NO2/c1-3-21-18-12-17(13-7-5-4-6-8-13)19-16-10-9-14(20-2)11-15(16)18/h4-11,17-19H,3,12H2,1-2H3/t17?,18-/m0/s1. The number of anilines is 1. The molecule has 3 heteroatoms. The predicted molar refractivity (Wildman–Crippen MR) is 84.8 cm³/mol. The Labute approximate surface area is 125 Å². The molecule has 2 aromatic rings. The third-order valence-electron chi connectivity index (χ3n) is 3.95. The summed E-state index contributed by atoms with van der Waals surface area (Å²) in [7, 11) is 1.69. The lowest BCUT2D eigenvalue weighted by atomic mass is 9.91. The lowest BCUT2D eigenvalue weighted by Gasteiger charge is -2.33. The van der Waals surface area contributed by atoms with Gasteiger partial charge in [-0.3, -0.25) is 0 Å². The lowest BCUT2D eigenvalue weighted by molar-refractivity contribution is 0.0497. The van der Waals surface area contributed by atoms with Crippen molar-refractivity contribution in [3.63, 3.8) is 0 Å². The van der Waals surface area contributed by atoms with E-state index in [1.54, 1.807) is 7.11 Å². The van der Waals surface area contributed by atoms with E-state index in [2.05, 4.69) is 41.7 Å². The lowest BCUT2D eigenvalue weighted by Crippen LogP contribution is -2.23. The van der Waals surface area contributed by atoms with Crippen LogP contribution in [0.2, 0.25) is 0 Å². The van der Waals surface area contributed by atoms with E-state index in [0.717, 1.165) is 17.9 Å². The summed E-state index contributed by atoms with van der Waals surface area (Å²) >= 11 is 0. The average molecular weight is 283 g/mol. The molecule has 2 atom stereocenters. The second kappa shape index (κ2) is 6.19. The molecule has 0 radical (unpaired) electrons. The van der Waals surface area contributed by atoms with E-state index < -0.39 is 0 Å². The zero-order chi connectivity index (χ0) is 14.7. The number of hydrogen-bond acceptors (Lipinski definition) is 3. The van der Waals surface area contributed by atoms with E-state index in [0.29, 0.717) is 6.61 Å². The Kier molecular flexibility index (Phi) is 4.11. The van der Waals surface area contributed by atoms with Crippen molar-refractivity contribution in [3.05, 3.63) is 59.7 Å². The molecule has 1 heterocycles. The van der Waals surface area contributed by atoms with Crippen LogP contribution >= 0.6 is 0 Å². The first-order chi connectivity index (χ1) is 10.3. The maximum atomic E-state index is 5.96. The molecule has 1 unspecified atom stereocenters. The van der Waals surface area contributed by atoms with Crippen molar-refractivity contribution in [1.82, 2.24) is 0 Å². The first kappa shape index (κ1) is 14.0. The molecule has 0 spiro atoms. The predicted octanol–water partition coefficient (Wildman–Crippen LogP) is 4.33. The molecular formula is C18H21NO2. The Morgan fingerprint density at radius 3 is 2.67 bits per heavy atom. The van der Waals surface area contributed by atoms with Crippen LogP contribution in [0.4, 0.5) is 5.69 Å². The quantitative estimate of drug-likeness (QED) is 0.906. The average Bonchev–Trinajstić information content (AvgIpc) is 2.55. The molecule has 1 aliphatic rings. The molecule has 0 aromatic heterocycles. The maximum absolute atomic E-state index is 5.96. The fraction of sp³-hybridized carbons (Fsp3) is 0.333. The van der Waals surface area contributed by atoms with Crippen molar-refractivity contribution < 1.29 is 9.47 Å². The fourth-order valence-electron chi connectivity index (χ4n) is 2.92.